The van der Waals surface area contributed by atoms with E-state index in [0.29, 0.717) is 32.9 Å². The molecule has 0 radical (unpaired) electrons. The highest BCUT2D eigenvalue weighted by atomic mass is 35.5. The van der Waals surface area contributed by atoms with Crippen LogP contribution in [0.5, 0.6) is 0 Å². The van der Waals surface area contributed by atoms with Crippen LogP contribution in [-0.2, 0) is 16.1 Å². The van der Waals surface area contributed by atoms with Crippen molar-refractivity contribution in [3.63, 3.8) is 0 Å². The molecule has 1 aliphatic rings. The Hall–Kier alpha value is -3.23. The van der Waals surface area contributed by atoms with E-state index in [-0.39, 0.29) is 36.2 Å². The zero-order chi connectivity index (χ0) is 23.0. The van der Waals surface area contributed by atoms with Crippen molar-refractivity contribution < 1.29 is 14.4 Å². The van der Waals surface area contributed by atoms with Gasteiger partial charge < -0.3 is 5.32 Å². The Morgan fingerprint density at radius 2 is 1.97 bits per heavy atom. The Kier molecular flexibility index (Phi) is 5.99. The van der Waals surface area contributed by atoms with Gasteiger partial charge in [0.2, 0.25) is 11.8 Å². The summed E-state index contributed by atoms with van der Waals surface area (Å²) in [6.07, 6.45) is 0.358. The van der Waals surface area contributed by atoms with Gasteiger partial charge in [0.15, 0.2) is 0 Å². The molecule has 1 aromatic heterocycles. The third kappa shape index (κ3) is 4.11. The van der Waals surface area contributed by atoms with E-state index >= 15 is 0 Å². The summed E-state index contributed by atoms with van der Waals surface area (Å²) < 4.78 is 1.31. The normalized spacial score (nSPS) is 16.2. The maximum Gasteiger partial charge on any atom is 0.262 e. The minimum atomic E-state index is -0.823. The molecule has 0 spiro atoms. The van der Waals surface area contributed by atoms with Crippen LogP contribution in [0.1, 0.15) is 40.6 Å². The second-order valence-electron chi connectivity index (χ2n) is 7.42. The first kappa shape index (κ1) is 22.0. The fraction of sp³-hybridized carbons (Fsp3) is 0.227. The molecule has 2 N–H and O–H groups in total. The largest absolute Gasteiger partial charge is 0.348 e. The van der Waals surface area contributed by atoms with E-state index in [4.69, 9.17) is 23.2 Å². The molecule has 0 unspecified atom stereocenters. The molecule has 1 atom stereocenters. The Morgan fingerprint density at radius 3 is 2.69 bits per heavy atom. The molecule has 1 saturated heterocycles. The highest BCUT2D eigenvalue weighted by Crippen LogP contribution is 2.23. The summed E-state index contributed by atoms with van der Waals surface area (Å²) >= 11 is 11.9. The van der Waals surface area contributed by atoms with Crippen molar-refractivity contribution in [3.05, 3.63) is 73.7 Å². The average molecular weight is 473 g/mol. The number of fused-ring (bicyclic) bond motifs is 1. The first-order chi connectivity index (χ1) is 15.3. The molecule has 3 amide bonds. The minimum Gasteiger partial charge on any atom is -0.348 e. The van der Waals surface area contributed by atoms with Crippen molar-refractivity contribution in [1.29, 1.82) is 0 Å². The number of aryl methyl sites for hydroxylation is 1. The van der Waals surface area contributed by atoms with Crippen molar-refractivity contribution >= 4 is 51.8 Å². The number of nitrogens with zero attached hydrogens (tertiary/aromatic N) is 2. The summed E-state index contributed by atoms with van der Waals surface area (Å²) in [4.78, 5) is 54.3. The predicted molar refractivity (Wildman–Crippen MR) is 120 cm³/mol. The number of amides is 3. The second kappa shape index (κ2) is 8.72. The highest BCUT2D eigenvalue weighted by molar-refractivity contribution is 6.42. The van der Waals surface area contributed by atoms with E-state index in [1.807, 2.05) is 0 Å². The summed E-state index contributed by atoms with van der Waals surface area (Å²) in [6, 6.07) is 8.87. The lowest BCUT2D eigenvalue weighted by Crippen LogP contribution is -2.45. The van der Waals surface area contributed by atoms with Crippen LogP contribution in [0, 0.1) is 6.92 Å². The summed E-state index contributed by atoms with van der Waals surface area (Å²) in [6.45, 7) is 1.70. The van der Waals surface area contributed by atoms with E-state index in [9.17, 15) is 19.2 Å². The lowest BCUT2D eigenvalue weighted by molar-refractivity contribution is -0.135. The fourth-order valence-corrected chi connectivity index (χ4v) is 4.08. The monoisotopic (exact) mass is 472 g/mol. The number of imide groups is 1. The topological polar surface area (TPSA) is 110 Å². The fourth-order valence-electron chi connectivity index (χ4n) is 3.78. The molecule has 0 saturated carbocycles. The standard InChI is InChI=1S/C22H18Cl2N4O4/c1-11-26-16-4-2-3-13(10-25-20(30)12-5-6-14(23)15(24)9-12)19(16)22(32)28(11)17-7-8-18(29)27-21(17)31/h2-6,9,17H,7-8,10H2,1H3,(H,25,30)(H,27,29,31)/t17-/m1/s1. The SMILES string of the molecule is Cc1nc2cccc(CNC(=O)c3ccc(Cl)c(Cl)c3)c2c(=O)n1[C@@H]1CCC(=O)NC1=O. The molecule has 1 fully saturated rings. The molecule has 0 aliphatic carbocycles. The van der Waals surface area contributed by atoms with Gasteiger partial charge in [-0.25, -0.2) is 4.98 Å². The van der Waals surface area contributed by atoms with Crippen molar-refractivity contribution in [2.45, 2.75) is 32.4 Å². The van der Waals surface area contributed by atoms with Crippen LogP contribution in [0.3, 0.4) is 0 Å². The Labute approximate surface area is 192 Å². The van der Waals surface area contributed by atoms with E-state index in [2.05, 4.69) is 15.6 Å². The van der Waals surface area contributed by atoms with E-state index < -0.39 is 17.5 Å². The summed E-state index contributed by atoms with van der Waals surface area (Å²) in [5.41, 5.74) is 0.933. The molecule has 3 aromatic rings. The molecule has 2 aromatic carbocycles. The quantitative estimate of drug-likeness (QED) is 0.567. The first-order valence-corrected chi connectivity index (χ1v) is 10.6. The third-order valence-corrected chi connectivity index (χ3v) is 6.07. The van der Waals surface area contributed by atoms with Crippen LogP contribution in [0.25, 0.3) is 10.9 Å². The highest BCUT2D eigenvalue weighted by Gasteiger charge is 2.30. The number of benzene rings is 2. The molecule has 32 heavy (non-hydrogen) atoms. The number of nitrogens with one attached hydrogen (secondary N) is 2. The molecule has 0 bridgehead atoms. The number of aromatic nitrogens is 2. The van der Waals surface area contributed by atoms with Crippen molar-refractivity contribution in [3.8, 4) is 0 Å². The number of hydrogen-bond acceptors (Lipinski definition) is 5. The van der Waals surface area contributed by atoms with Crippen LogP contribution in [0.4, 0.5) is 0 Å². The zero-order valence-corrected chi connectivity index (χ0v) is 18.5. The smallest absolute Gasteiger partial charge is 0.262 e. The number of carbonyl (C=O) groups excluding carboxylic acids is 3. The maximum absolute atomic E-state index is 13.4. The van der Waals surface area contributed by atoms with Gasteiger partial charge in [-0.3, -0.25) is 29.1 Å². The van der Waals surface area contributed by atoms with Crippen LogP contribution in [0.15, 0.2) is 41.2 Å². The third-order valence-electron chi connectivity index (χ3n) is 5.34. The molecule has 164 valence electrons. The van der Waals surface area contributed by atoms with Crippen LogP contribution in [0.2, 0.25) is 10.0 Å². The predicted octanol–water partition coefficient (Wildman–Crippen LogP) is 2.92. The van der Waals surface area contributed by atoms with Crippen molar-refractivity contribution in [2.24, 2.45) is 0 Å². The van der Waals surface area contributed by atoms with Gasteiger partial charge in [0.05, 0.1) is 20.9 Å². The van der Waals surface area contributed by atoms with Gasteiger partial charge in [0, 0.05) is 18.5 Å². The molecule has 10 heteroatoms. The number of piperidine rings is 1. The average Bonchev–Trinajstić information content (AvgIpc) is 2.75. The minimum absolute atomic E-state index is 0.0613. The zero-order valence-electron chi connectivity index (χ0n) is 16.9. The molecule has 2 heterocycles. The number of carbonyl (C=O) groups is 3. The number of rotatable bonds is 4. The van der Waals surface area contributed by atoms with Gasteiger partial charge in [-0.15, -0.1) is 0 Å². The molecule has 1 aliphatic heterocycles. The van der Waals surface area contributed by atoms with Gasteiger partial charge >= 0.3 is 0 Å². The summed E-state index contributed by atoms with van der Waals surface area (Å²) in [5.74, 6) is -0.908. The van der Waals surface area contributed by atoms with Gasteiger partial charge in [-0.05, 0) is 43.2 Å². The first-order valence-electron chi connectivity index (χ1n) is 9.84. The number of halogens is 2. The molecule has 8 nitrogen and oxygen atoms in total. The van der Waals surface area contributed by atoms with Crippen molar-refractivity contribution in [2.75, 3.05) is 0 Å². The Morgan fingerprint density at radius 1 is 1.19 bits per heavy atom. The van der Waals surface area contributed by atoms with Gasteiger partial charge in [-0.1, -0.05) is 35.3 Å². The molecular weight excluding hydrogens is 455 g/mol. The number of hydrogen-bond donors (Lipinski definition) is 2. The maximum atomic E-state index is 13.4. The lowest BCUT2D eigenvalue weighted by atomic mass is 10.0. The van der Waals surface area contributed by atoms with Crippen LogP contribution >= 0.6 is 23.2 Å². The van der Waals surface area contributed by atoms with Gasteiger partial charge in [-0.2, -0.15) is 0 Å². The Balaban J connectivity index is 1.69. The van der Waals surface area contributed by atoms with Crippen LogP contribution in [-0.4, -0.2) is 27.3 Å². The van der Waals surface area contributed by atoms with E-state index in [0.717, 1.165) is 0 Å². The lowest BCUT2D eigenvalue weighted by Gasteiger charge is -2.24. The summed E-state index contributed by atoms with van der Waals surface area (Å²) in [7, 11) is 0. The van der Waals surface area contributed by atoms with E-state index in [1.54, 1.807) is 31.2 Å². The second-order valence-corrected chi connectivity index (χ2v) is 8.24. The molecular formula is C22H18Cl2N4O4. The summed E-state index contributed by atoms with van der Waals surface area (Å²) in [5, 5.41) is 5.94. The van der Waals surface area contributed by atoms with E-state index in [1.165, 1.54) is 16.7 Å². The van der Waals surface area contributed by atoms with Gasteiger partial charge in [0.1, 0.15) is 11.9 Å². The Bertz CT molecular complexity index is 1340. The van der Waals surface area contributed by atoms with Crippen LogP contribution < -0.4 is 16.2 Å². The molecule has 4 rings (SSSR count). The van der Waals surface area contributed by atoms with Crippen molar-refractivity contribution in [1.82, 2.24) is 20.2 Å². The van der Waals surface area contributed by atoms with Gasteiger partial charge in [0.25, 0.3) is 11.5 Å².